The van der Waals surface area contributed by atoms with Crippen LogP contribution in [0.1, 0.15) is 44.2 Å². The number of hydrogen-bond donors (Lipinski definition) is 2. The molecule has 0 saturated carbocycles. The monoisotopic (exact) mass is 246 g/mol. The fraction of sp³-hybridized carbons (Fsp3) is 0.400. The van der Waals surface area contributed by atoms with Crippen LogP contribution in [-0.2, 0) is 5.60 Å². The average molecular weight is 246 g/mol. The van der Waals surface area contributed by atoms with Crippen LogP contribution in [0.2, 0.25) is 0 Å². The summed E-state index contributed by atoms with van der Waals surface area (Å²) in [6.45, 7) is 5.72. The Morgan fingerprint density at radius 2 is 2.11 bits per heavy atom. The molecule has 2 atom stereocenters. The molecule has 3 heteroatoms. The second-order valence-electron chi connectivity index (χ2n) is 5.42. The van der Waals surface area contributed by atoms with E-state index in [0.717, 1.165) is 5.56 Å². The number of rotatable bonds is 1. The first-order valence-corrected chi connectivity index (χ1v) is 6.06. The SMILES string of the molecule is CC(C)=C[C@@H]1C[C@@](C)(O)c2cc(=O)c(O)ccc21. The van der Waals surface area contributed by atoms with E-state index >= 15 is 0 Å². The van der Waals surface area contributed by atoms with Crippen LogP contribution in [-0.4, -0.2) is 10.2 Å². The lowest BCUT2D eigenvalue weighted by molar-refractivity contribution is 0.0567. The maximum atomic E-state index is 11.6. The largest absolute Gasteiger partial charge is 0.504 e. The molecule has 1 aromatic rings. The van der Waals surface area contributed by atoms with Crippen molar-refractivity contribution in [1.82, 2.24) is 0 Å². The smallest absolute Gasteiger partial charge is 0.220 e. The van der Waals surface area contributed by atoms with E-state index in [4.69, 9.17) is 0 Å². The molecule has 2 rings (SSSR count). The highest BCUT2D eigenvalue weighted by atomic mass is 16.3. The Hall–Kier alpha value is -1.61. The molecule has 3 nitrogen and oxygen atoms in total. The predicted octanol–water partition coefficient (Wildman–Crippen LogP) is 2.41. The summed E-state index contributed by atoms with van der Waals surface area (Å²) in [5, 5.41) is 19.9. The highest BCUT2D eigenvalue weighted by Crippen LogP contribution is 2.44. The van der Waals surface area contributed by atoms with Gasteiger partial charge in [0.25, 0.3) is 0 Å². The molecule has 0 heterocycles. The number of aromatic hydroxyl groups is 1. The van der Waals surface area contributed by atoms with E-state index in [1.807, 2.05) is 13.8 Å². The molecule has 0 spiro atoms. The molecule has 0 bridgehead atoms. The van der Waals surface area contributed by atoms with Gasteiger partial charge < -0.3 is 10.2 Å². The van der Waals surface area contributed by atoms with Crippen molar-refractivity contribution >= 4 is 0 Å². The van der Waals surface area contributed by atoms with Crippen LogP contribution in [0.5, 0.6) is 5.75 Å². The van der Waals surface area contributed by atoms with Gasteiger partial charge in [0.1, 0.15) is 0 Å². The fourth-order valence-corrected chi connectivity index (χ4v) is 2.62. The van der Waals surface area contributed by atoms with Crippen LogP contribution in [0.25, 0.3) is 0 Å². The Labute approximate surface area is 106 Å². The van der Waals surface area contributed by atoms with Crippen molar-refractivity contribution in [3.05, 3.63) is 51.2 Å². The summed E-state index contributed by atoms with van der Waals surface area (Å²) in [5.41, 5.74) is 1.24. The zero-order valence-corrected chi connectivity index (χ0v) is 10.9. The van der Waals surface area contributed by atoms with Crippen LogP contribution in [0.15, 0.2) is 34.6 Å². The van der Waals surface area contributed by atoms with E-state index < -0.39 is 11.0 Å². The minimum absolute atomic E-state index is 0.0891. The van der Waals surface area contributed by atoms with Crippen molar-refractivity contribution in [2.75, 3.05) is 0 Å². The van der Waals surface area contributed by atoms with Gasteiger partial charge in [0, 0.05) is 5.92 Å². The third kappa shape index (κ3) is 2.18. The van der Waals surface area contributed by atoms with Crippen molar-refractivity contribution in [2.24, 2.45) is 0 Å². The lowest BCUT2D eigenvalue weighted by atomic mass is 9.97. The lowest BCUT2D eigenvalue weighted by Crippen LogP contribution is -2.17. The van der Waals surface area contributed by atoms with Crippen LogP contribution in [0, 0.1) is 0 Å². The van der Waals surface area contributed by atoms with E-state index in [-0.39, 0.29) is 11.7 Å². The third-order valence-electron chi connectivity index (χ3n) is 3.39. The summed E-state index contributed by atoms with van der Waals surface area (Å²) in [6, 6.07) is 4.50. The molecule has 1 aromatic carbocycles. The van der Waals surface area contributed by atoms with Gasteiger partial charge in [0.15, 0.2) is 5.75 Å². The van der Waals surface area contributed by atoms with Crippen molar-refractivity contribution in [2.45, 2.75) is 38.7 Å². The van der Waals surface area contributed by atoms with Gasteiger partial charge in [0.2, 0.25) is 5.43 Å². The van der Waals surface area contributed by atoms with E-state index in [9.17, 15) is 15.0 Å². The standard InChI is InChI=1S/C15H18O3/c1-9(2)6-10-8-15(3,18)12-7-14(17)13(16)5-4-11(10)12/h4-7,10,18H,8H2,1-3H3,(H,16,17)/t10-,15-/m1/s1. The van der Waals surface area contributed by atoms with Crippen LogP contribution in [0.3, 0.4) is 0 Å². The average Bonchev–Trinajstić information content (AvgIpc) is 2.38. The van der Waals surface area contributed by atoms with E-state index in [2.05, 4.69) is 6.08 Å². The lowest BCUT2D eigenvalue weighted by Gasteiger charge is -2.16. The third-order valence-corrected chi connectivity index (χ3v) is 3.39. The number of allylic oxidation sites excluding steroid dienone is 2. The van der Waals surface area contributed by atoms with Crippen molar-refractivity contribution in [3.8, 4) is 5.75 Å². The highest BCUT2D eigenvalue weighted by molar-refractivity contribution is 5.44. The van der Waals surface area contributed by atoms with Crippen LogP contribution < -0.4 is 5.43 Å². The molecule has 0 aliphatic heterocycles. The van der Waals surface area contributed by atoms with Crippen LogP contribution in [0.4, 0.5) is 0 Å². The first-order chi connectivity index (χ1) is 8.31. The molecule has 1 aliphatic carbocycles. The van der Waals surface area contributed by atoms with Crippen molar-refractivity contribution < 1.29 is 10.2 Å². The van der Waals surface area contributed by atoms with E-state index in [1.165, 1.54) is 17.7 Å². The minimum atomic E-state index is -1.02. The quantitative estimate of drug-likeness (QED) is 0.748. The minimum Gasteiger partial charge on any atom is -0.504 e. The molecular weight excluding hydrogens is 228 g/mol. The summed E-state index contributed by atoms with van der Waals surface area (Å²) in [7, 11) is 0. The van der Waals surface area contributed by atoms with E-state index in [1.54, 1.807) is 13.0 Å². The van der Waals surface area contributed by atoms with Gasteiger partial charge >= 0.3 is 0 Å². The van der Waals surface area contributed by atoms with Gasteiger partial charge in [-0.2, -0.15) is 0 Å². The Balaban J connectivity index is 2.68. The maximum absolute atomic E-state index is 11.6. The summed E-state index contributed by atoms with van der Waals surface area (Å²) in [5.74, 6) is -0.192. The molecule has 0 unspecified atom stereocenters. The molecule has 0 saturated heterocycles. The summed E-state index contributed by atoms with van der Waals surface area (Å²) in [6.07, 6.45) is 2.65. The van der Waals surface area contributed by atoms with Gasteiger partial charge in [-0.1, -0.05) is 17.7 Å². The maximum Gasteiger partial charge on any atom is 0.220 e. The zero-order valence-electron chi connectivity index (χ0n) is 10.9. The molecule has 0 amide bonds. The van der Waals surface area contributed by atoms with Crippen LogP contribution >= 0.6 is 0 Å². The highest BCUT2D eigenvalue weighted by Gasteiger charge is 2.37. The van der Waals surface area contributed by atoms with E-state index in [0.29, 0.717) is 12.0 Å². The Kier molecular flexibility index (Phi) is 3.03. The van der Waals surface area contributed by atoms with Gasteiger partial charge in [-0.25, -0.2) is 0 Å². The molecule has 0 fully saturated rings. The molecule has 0 radical (unpaired) electrons. The van der Waals surface area contributed by atoms with Gasteiger partial charge in [-0.3, -0.25) is 4.79 Å². The zero-order chi connectivity index (χ0) is 13.5. The number of aliphatic hydroxyl groups is 1. The second-order valence-corrected chi connectivity index (χ2v) is 5.42. The first kappa shape index (κ1) is 12.8. The number of hydrogen-bond acceptors (Lipinski definition) is 3. The summed E-state index contributed by atoms with van der Waals surface area (Å²) in [4.78, 5) is 11.6. The Bertz CT molecular complexity index is 566. The van der Waals surface area contributed by atoms with Gasteiger partial charge in [0.05, 0.1) is 5.60 Å². The molecule has 2 N–H and O–H groups in total. The summed E-state index contributed by atoms with van der Waals surface area (Å²) < 4.78 is 0. The fourth-order valence-electron chi connectivity index (χ4n) is 2.62. The first-order valence-electron chi connectivity index (χ1n) is 6.06. The predicted molar refractivity (Wildman–Crippen MR) is 70.7 cm³/mol. The molecule has 0 aromatic heterocycles. The normalized spacial score (nSPS) is 25.7. The van der Waals surface area contributed by atoms with Gasteiger partial charge in [-0.15, -0.1) is 0 Å². The summed E-state index contributed by atoms with van der Waals surface area (Å²) >= 11 is 0. The van der Waals surface area contributed by atoms with Crippen molar-refractivity contribution in [3.63, 3.8) is 0 Å². The van der Waals surface area contributed by atoms with Crippen molar-refractivity contribution in [1.29, 1.82) is 0 Å². The Morgan fingerprint density at radius 3 is 2.72 bits per heavy atom. The van der Waals surface area contributed by atoms with Gasteiger partial charge in [-0.05, 0) is 50.5 Å². The molecular formula is C15H18O3. The molecule has 1 aliphatic rings. The topological polar surface area (TPSA) is 57.5 Å². The Morgan fingerprint density at radius 1 is 1.44 bits per heavy atom. The second kappa shape index (κ2) is 4.25. The molecule has 96 valence electrons. The number of fused-ring (bicyclic) bond motifs is 1. The molecule has 18 heavy (non-hydrogen) atoms.